The summed E-state index contributed by atoms with van der Waals surface area (Å²) in [5.41, 5.74) is 0. The molecule has 0 saturated carbocycles. The molecule has 1 aliphatic rings. The Labute approximate surface area is 236 Å². The van der Waals surface area contributed by atoms with Crippen molar-refractivity contribution in [1.82, 2.24) is 5.32 Å². The largest absolute Gasteiger partial charge is 0.405 e. The Balaban J connectivity index is 1.24. The summed E-state index contributed by atoms with van der Waals surface area (Å²) in [6, 6.07) is 21.4. The minimum absolute atomic E-state index is 0.0372. The molecular weight excluding hydrogens is 510 g/mol. The predicted octanol–water partition coefficient (Wildman–Crippen LogP) is 3.40. The van der Waals surface area contributed by atoms with Crippen molar-refractivity contribution in [2.24, 2.45) is 0 Å². The third kappa shape index (κ3) is 10.7. The number of ether oxygens (including phenoxy) is 5. The zero-order chi connectivity index (χ0) is 27.7. The van der Waals surface area contributed by atoms with Crippen LogP contribution < -0.4 is 15.7 Å². The standard InChI is InChI=1S/C31H49NO6Si/c1-31(2,3)39(29-10-6-4-7-11-29,30-12-8-5-9-13-30)38-27-25-36-23-21-34-19-18-33-20-22-35-24-26-37-28-14-16-32-17-15-28/h4-13,28,32H,14-27H2,1-3H3. The first-order valence-corrected chi connectivity index (χ1v) is 16.3. The van der Waals surface area contributed by atoms with E-state index in [4.69, 9.17) is 28.1 Å². The van der Waals surface area contributed by atoms with Crippen LogP contribution in [-0.2, 0) is 28.1 Å². The van der Waals surface area contributed by atoms with E-state index in [0.29, 0.717) is 72.2 Å². The molecule has 1 saturated heterocycles. The minimum atomic E-state index is -2.51. The normalized spacial score (nSPS) is 15.1. The molecule has 1 fully saturated rings. The summed E-state index contributed by atoms with van der Waals surface area (Å²) in [5.74, 6) is 0. The fourth-order valence-corrected chi connectivity index (χ4v) is 9.56. The molecule has 0 spiro atoms. The lowest BCUT2D eigenvalue weighted by Gasteiger charge is -2.43. The monoisotopic (exact) mass is 559 g/mol. The average molecular weight is 560 g/mol. The maximum atomic E-state index is 6.84. The van der Waals surface area contributed by atoms with Crippen LogP contribution >= 0.6 is 0 Å². The molecule has 2 aromatic carbocycles. The van der Waals surface area contributed by atoms with Gasteiger partial charge in [0.2, 0.25) is 0 Å². The summed E-state index contributed by atoms with van der Waals surface area (Å²) in [5, 5.41) is 5.86. The minimum Gasteiger partial charge on any atom is -0.405 e. The van der Waals surface area contributed by atoms with Crippen LogP contribution in [0.5, 0.6) is 0 Å². The van der Waals surface area contributed by atoms with Crippen LogP contribution in [0, 0.1) is 0 Å². The van der Waals surface area contributed by atoms with Gasteiger partial charge in [-0.05, 0) is 41.3 Å². The van der Waals surface area contributed by atoms with Gasteiger partial charge in [-0.2, -0.15) is 0 Å². The number of benzene rings is 2. The lowest BCUT2D eigenvalue weighted by Crippen LogP contribution is -2.66. The Morgan fingerprint density at radius 1 is 0.615 bits per heavy atom. The molecule has 0 bridgehead atoms. The molecule has 1 N–H and O–H groups in total. The van der Waals surface area contributed by atoms with E-state index < -0.39 is 8.32 Å². The van der Waals surface area contributed by atoms with Gasteiger partial charge in [-0.15, -0.1) is 0 Å². The number of hydrogen-bond donors (Lipinski definition) is 1. The SMILES string of the molecule is CC(C)(C)[Si](OCCOCCOCCOCCOCCOC1CCNCC1)(c1ccccc1)c1ccccc1. The van der Waals surface area contributed by atoms with Gasteiger partial charge in [0.1, 0.15) is 0 Å². The van der Waals surface area contributed by atoms with E-state index in [9.17, 15) is 0 Å². The summed E-state index contributed by atoms with van der Waals surface area (Å²) in [6.45, 7) is 14.6. The zero-order valence-corrected chi connectivity index (χ0v) is 25.2. The Morgan fingerprint density at radius 3 is 1.46 bits per heavy atom. The summed E-state index contributed by atoms with van der Waals surface area (Å²) in [6.07, 6.45) is 2.55. The second kappa shape index (κ2) is 17.9. The van der Waals surface area contributed by atoms with E-state index in [1.807, 2.05) is 0 Å². The predicted molar refractivity (Wildman–Crippen MR) is 159 cm³/mol. The maximum Gasteiger partial charge on any atom is 0.261 e. The van der Waals surface area contributed by atoms with Crippen LogP contribution in [0.4, 0.5) is 0 Å². The third-order valence-electron chi connectivity index (χ3n) is 6.95. The molecule has 0 amide bonds. The van der Waals surface area contributed by atoms with Gasteiger partial charge in [0.05, 0.1) is 72.2 Å². The van der Waals surface area contributed by atoms with E-state index in [1.165, 1.54) is 10.4 Å². The Hall–Kier alpha value is -1.62. The molecule has 8 heteroatoms. The summed E-state index contributed by atoms with van der Waals surface area (Å²) < 4.78 is 35.3. The third-order valence-corrected chi connectivity index (χ3v) is 12.0. The number of hydrogen-bond acceptors (Lipinski definition) is 7. The van der Waals surface area contributed by atoms with Crippen molar-refractivity contribution >= 4 is 18.7 Å². The lowest BCUT2D eigenvalue weighted by molar-refractivity contribution is -0.0285. The Kier molecular flexibility index (Phi) is 14.7. The van der Waals surface area contributed by atoms with Crippen LogP contribution in [0.3, 0.4) is 0 Å². The zero-order valence-electron chi connectivity index (χ0n) is 24.2. The van der Waals surface area contributed by atoms with Crippen LogP contribution in [-0.4, -0.2) is 93.6 Å². The van der Waals surface area contributed by atoms with E-state index in [-0.39, 0.29) is 5.04 Å². The second-order valence-electron chi connectivity index (χ2n) is 10.8. The van der Waals surface area contributed by atoms with Crippen molar-refractivity contribution in [3.63, 3.8) is 0 Å². The first kappa shape index (κ1) is 31.9. The van der Waals surface area contributed by atoms with Gasteiger partial charge < -0.3 is 33.4 Å². The Bertz CT molecular complexity index is 834. The fraction of sp³-hybridized carbons (Fsp3) is 0.613. The van der Waals surface area contributed by atoms with Crippen molar-refractivity contribution in [3.05, 3.63) is 60.7 Å². The van der Waals surface area contributed by atoms with Gasteiger partial charge in [0.15, 0.2) is 0 Å². The summed E-state index contributed by atoms with van der Waals surface area (Å²) in [4.78, 5) is 0. The molecule has 39 heavy (non-hydrogen) atoms. The van der Waals surface area contributed by atoms with Gasteiger partial charge in [-0.1, -0.05) is 81.4 Å². The smallest absolute Gasteiger partial charge is 0.261 e. The van der Waals surface area contributed by atoms with Gasteiger partial charge in [-0.25, -0.2) is 0 Å². The summed E-state index contributed by atoms with van der Waals surface area (Å²) >= 11 is 0. The van der Waals surface area contributed by atoms with Crippen LogP contribution in [0.2, 0.25) is 5.04 Å². The van der Waals surface area contributed by atoms with Crippen LogP contribution in [0.25, 0.3) is 0 Å². The highest BCUT2D eigenvalue weighted by molar-refractivity contribution is 6.99. The highest BCUT2D eigenvalue weighted by Gasteiger charge is 2.49. The maximum absolute atomic E-state index is 6.84. The molecule has 7 nitrogen and oxygen atoms in total. The first-order valence-electron chi connectivity index (χ1n) is 14.4. The van der Waals surface area contributed by atoms with Crippen molar-refractivity contribution in [2.45, 2.75) is 44.8 Å². The molecule has 0 aliphatic carbocycles. The van der Waals surface area contributed by atoms with E-state index >= 15 is 0 Å². The average Bonchev–Trinajstić information content (AvgIpc) is 2.95. The van der Waals surface area contributed by atoms with E-state index in [1.54, 1.807) is 0 Å². The van der Waals surface area contributed by atoms with Gasteiger partial charge in [-0.3, -0.25) is 0 Å². The van der Waals surface area contributed by atoms with Crippen LogP contribution in [0.1, 0.15) is 33.6 Å². The molecule has 0 unspecified atom stereocenters. The van der Waals surface area contributed by atoms with E-state index in [0.717, 1.165) is 25.9 Å². The molecule has 3 rings (SSSR count). The lowest BCUT2D eigenvalue weighted by atomic mass is 10.1. The van der Waals surface area contributed by atoms with Gasteiger partial charge in [0.25, 0.3) is 8.32 Å². The highest BCUT2D eigenvalue weighted by Crippen LogP contribution is 2.36. The molecule has 1 heterocycles. The second-order valence-corrected chi connectivity index (χ2v) is 15.1. The van der Waals surface area contributed by atoms with Crippen molar-refractivity contribution in [1.29, 1.82) is 0 Å². The molecule has 1 aliphatic heterocycles. The first-order chi connectivity index (χ1) is 19.0. The van der Waals surface area contributed by atoms with Crippen molar-refractivity contribution in [3.8, 4) is 0 Å². The topological polar surface area (TPSA) is 67.4 Å². The molecule has 0 radical (unpaired) electrons. The van der Waals surface area contributed by atoms with Crippen molar-refractivity contribution < 1.29 is 28.1 Å². The summed E-state index contributed by atoms with van der Waals surface area (Å²) in [7, 11) is -2.51. The quantitative estimate of drug-likeness (QED) is 0.209. The van der Waals surface area contributed by atoms with Gasteiger partial charge in [0, 0.05) is 0 Å². The molecule has 0 aromatic heterocycles. The van der Waals surface area contributed by atoms with E-state index in [2.05, 4.69) is 86.8 Å². The van der Waals surface area contributed by atoms with Crippen molar-refractivity contribution in [2.75, 3.05) is 79.2 Å². The Morgan fingerprint density at radius 2 is 1.03 bits per heavy atom. The number of piperidine rings is 1. The molecule has 218 valence electrons. The molecular formula is C31H49NO6Si. The number of nitrogens with one attached hydrogen (secondary N) is 1. The number of rotatable bonds is 19. The van der Waals surface area contributed by atoms with Crippen LogP contribution in [0.15, 0.2) is 60.7 Å². The highest BCUT2D eigenvalue weighted by atomic mass is 28.4. The van der Waals surface area contributed by atoms with Gasteiger partial charge >= 0.3 is 0 Å². The molecule has 2 aromatic rings. The molecule has 0 atom stereocenters. The fourth-order valence-electron chi connectivity index (χ4n) is 5.01.